The Balaban J connectivity index is 1.32. The lowest BCUT2D eigenvalue weighted by atomic mass is 9.56. The summed E-state index contributed by atoms with van der Waals surface area (Å²) in [6, 6.07) is 2.22. The maximum Gasteiger partial charge on any atom is 0.342 e. The van der Waals surface area contributed by atoms with Crippen molar-refractivity contribution in [1.82, 2.24) is 4.90 Å². The van der Waals surface area contributed by atoms with E-state index in [1.54, 1.807) is 6.92 Å². The first-order valence-electron chi connectivity index (χ1n) is 18.4. The lowest BCUT2D eigenvalue weighted by molar-refractivity contribution is -0.228. The Morgan fingerprint density at radius 1 is 0.965 bits per heavy atom. The number of esters is 1. The van der Waals surface area contributed by atoms with Gasteiger partial charge in [0.15, 0.2) is 23.2 Å². The number of Topliss-reactive ketones (excluding diaryl/α,β-unsaturated/α-hetero) is 4. The molecule has 0 aromatic heterocycles. The minimum absolute atomic E-state index is 0.00250. The first-order valence-corrected chi connectivity index (χ1v) is 18.4. The standard InChI is InChI=1S/C39H44N2O16/c1-16-12-18-13-23(43)39(54-5)35(49)26-20(34(48)38(39,51)27(18)30(46)24(16)37(50)56-11-8-41-6-9-55-10-7-41)14-19-25(29(26)45)22(42)15-21(28(19)44)40-36-33(53-4)31(47)32(52-3)17(2)57-36/h12,14,17,23,31-33,36,43,45-47,51H,6-11,13,15H2,1-5H3/t17-,23+,31+,32-,33+,36?,38-,39+/m0/s1. The fourth-order valence-electron chi connectivity index (χ4n) is 8.96. The van der Waals surface area contributed by atoms with Crippen LogP contribution in [0.15, 0.2) is 17.1 Å². The molecule has 18 heteroatoms. The summed E-state index contributed by atoms with van der Waals surface area (Å²) >= 11 is 0. The van der Waals surface area contributed by atoms with Gasteiger partial charge in [0, 0.05) is 64.1 Å². The van der Waals surface area contributed by atoms with Gasteiger partial charge in [-0.25, -0.2) is 4.79 Å². The highest BCUT2D eigenvalue weighted by molar-refractivity contribution is 6.53. The van der Waals surface area contributed by atoms with Crippen molar-refractivity contribution in [2.45, 2.75) is 74.6 Å². The van der Waals surface area contributed by atoms with E-state index in [4.69, 9.17) is 28.4 Å². The number of aliphatic hydroxyl groups excluding tert-OH is 2. The normalized spacial score (nSPS) is 32.1. The summed E-state index contributed by atoms with van der Waals surface area (Å²) in [5.74, 6) is -7.51. The number of benzene rings is 2. The monoisotopic (exact) mass is 796 g/mol. The van der Waals surface area contributed by atoms with Gasteiger partial charge in [0.2, 0.25) is 17.3 Å². The van der Waals surface area contributed by atoms with Crippen LogP contribution in [0.2, 0.25) is 0 Å². The zero-order valence-electron chi connectivity index (χ0n) is 31.9. The number of phenolic OH excluding ortho intramolecular Hbond substituents is 2. The van der Waals surface area contributed by atoms with E-state index in [-0.39, 0.29) is 23.4 Å². The second kappa shape index (κ2) is 15.0. The van der Waals surface area contributed by atoms with Crippen LogP contribution < -0.4 is 0 Å². The second-order valence-corrected chi connectivity index (χ2v) is 14.8. The molecule has 5 N–H and O–H groups in total. The number of fused-ring (bicyclic) bond motifs is 5. The number of carbonyl (C=O) groups excluding carboxylic acids is 5. The van der Waals surface area contributed by atoms with Crippen LogP contribution in [-0.4, -0.2) is 168 Å². The molecule has 2 heterocycles. The molecule has 0 saturated carbocycles. The molecular weight excluding hydrogens is 752 g/mol. The number of rotatable bonds is 8. The number of ether oxygens (including phenoxy) is 6. The van der Waals surface area contributed by atoms with E-state index in [0.29, 0.717) is 32.8 Å². The van der Waals surface area contributed by atoms with Crippen LogP contribution in [0.25, 0.3) is 0 Å². The molecule has 2 aromatic carbocycles. The van der Waals surface area contributed by atoms with E-state index >= 15 is 0 Å². The largest absolute Gasteiger partial charge is 0.507 e. The molecule has 5 aliphatic rings. The molecule has 0 bridgehead atoms. The maximum atomic E-state index is 14.8. The third-order valence-corrected chi connectivity index (χ3v) is 11.8. The molecule has 2 saturated heterocycles. The molecule has 8 atom stereocenters. The van der Waals surface area contributed by atoms with Gasteiger partial charge in [-0.2, -0.15) is 0 Å². The smallest absolute Gasteiger partial charge is 0.342 e. The minimum Gasteiger partial charge on any atom is -0.507 e. The average molecular weight is 797 g/mol. The van der Waals surface area contributed by atoms with E-state index in [9.17, 15) is 49.5 Å². The van der Waals surface area contributed by atoms with Gasteiger partial charge in [-0.3, -0.25) is 29.1 Å². The predicted octanol–water partition coefficient (Wildman–Crippen LogP) is -0.190. The Bertz CT molecular complexity index is 2090. The van der Waals surface area contributed by atoms with Crippen molar-refractivity contribution < 1.29 is 77.9 Å². The van der Waals surface area contributed by atoms with Gasteiger partial charge in [0.25, 0.3) is 0 Å². The fourth-order valence-corrected chi connectivity index (χ4v) is 8.96. The molecule has 18 nitrogen and oxygen atoms in total. The number of aliphatic imine (C=N–C) groups is 1. The fraction of sp³-hybridized carbons (Fsp3) is 0.538. The Kier molecular flexibility index (Phi) is 10.7. The zero-order valence-corrected chi connectivity index (χ0v) is 31.9. The van der Waals surface area contributed by atoms with E-state index in [2.05, 4.69) is 4.99 Å². The molecule has 7 rings (SSSR count). The molecule has 57 heavy (non-hydrogen) atoms. The Hall–Kier alpha value is -4.50. The number of phenols is 2. The molecule has 2 aromatic rings. The van der Waals surface area contributed by atoms with Crippen molar-refractivity contribution in [3.63, 3.8) is 0 Å². The average Bonchev–Trinajstić information content (AvgIpc) is 3.16. The molecule has 0 radical (unpaired) electrons. The van der Waals surface area contributed by atoms with Gasteiger partial charge >= 0.3 is 5.97 Å². The van der Waals surface area contributed by atoms with E-state index in [1.807, 2.05) is 4.90 Å². The molecule has 0 spiro atoms. The quantitative estimate of drug-likeness (QED) is 0.217. The number of aryl methyl sites for hydroxylation is 1. The van der Waals surface area contributed by atoms with Crippen molar-refractivity contribution in [2.75, 3.05) is 60.8 Å². The zero-order chi connectivity index (χ0) is 41.3. The molecule has 306 valence electrons. The molecule has 2 fully saturated rings. The highest BCUT2D eigenvalue weighted by Gasteiger charge is 2.72. The summed E-state index contributed by atoms with van der Waals surface area (Å²) in [6.45, 7) is 5.67. The molecular formula is C39H44N2O16. The number of aliphatic hydroxyl groups is 3. The summed E-state index contributed by atoms with van der Waals surface area (Å²) in [5.41, 5.74) is -10.1. The van der Waals surface area contributed by atoms with Crippen molar-refractivity contribution in [1.29, 1.82) is 0 Å². The third-order valence-electron chi connectivity index (χ3n) is 11.8. The van der Waals surface area contributed by atoms with Gasteiger partial charge in [-0.05, 0) is 31.0 Å². The Morgan fingerprint density at radius 2 is 1.65 bits per heavy atom. The SMILES string of the molecule is CO[C@@H]1[C@@H](O)[C@@H](OC)C(N=C2CC(=O)c3c(cc4c(c3O)C(=O)[C@]3(OC)[C@H](O)Cc5cc(C)c(C(=O)OCCN6CCOCC6)c(O)c5[C@]3(O)C4=O)C2=O)O[C@H]1C. The number of aromatic hydroxyl groups is 2. The van der Waals surface area contributed by atoms with E-state index < -0.39 is 135 Å². The molecule has 1 unspecified atom stereocenters. The number of methoxy groups -OCH3 is 3. The van der Waals surface area contributed by atoms with Crippen molar-refractivity contribution >= 4 is 34.8 Å². The lowest BCUT2D eigenvalue weighted by Gasteiger charge is -2.52. The highest BCUT2D eigenvalue weighted by Crippen LogP contribution is 2.56. The second-order valence-electron chi connectivity index (χ2n) is 14.8. The van der Waals surface area contributed by atoms with Gasteiger partial charge in [0.1, 0.15) is 42.0 Å². The van der Waals surface area contributed by atoms with Crippen molar-refractivity contribution in [3.05, 3.63) is 56.6 Å². The lowest BCUT2D eigenvalue weighted by Crippen LogP contribution is -2.73. The van der Waals surface area contributed by atoms with Gasteiger partial charge < -0.3 is 54.0 Å². The number of nitrogens with zero attached hydrogens (tertiary/aromatic N) is 2. The van der Waals surface area contributed by atoms with Crippen LogP contribution in [0.5, 0.6) is 11.5 Å². The topological polar surface area (TPSA) is 257 Å². The number of ketones is 4. The number of morpholine rings is 1. The van der Waals surface area contributed by atoms with Crippen molar-refractivity contribution in [3.8, 4) is 11.5 Å². The summed E-state index contributed by atoms with van der Waals surface area (Å²) in [4.78, 5) is 77.1. The Labute approximate surface area is 325 Å². The van der Waals surface area contributed by atoms with Crippen LogP contribution in [0.1, 0.15) is 81.8 Å². The number of hydrogen-bond donors (Lipinski definition) is 5. The van der Waals surface area contributed by atoms with E-state index in [1.165, 1.54) is 27.2 Å². The maximum absolute atomic E-state index is 14.8. The van der Waals surface area contributed by atoms with Crippen molar-refractivity contribution in [2.24, 2.45) is 4.99 Å². The van der Waals surface area contributed by atoms with Crippen LogP contribution in [0, 0.1) is 6.92 Å². The van der Waals surface area contributed by atoms with Crippen LogP contribution in [-0.2, 0) is 40.4 Å². The first-order chi connectivity index (χ1) is 27.1. The summed E-state index contributed by atoms with van der Waals surface area (Å²) in [7, 11) is 3.59. The third kappa shape index (κ3) is 5.96. The summed E-state index contributed by atoms with van der Waals surface area (Å²) in [6.07, 6.45) is -8.30. The summed E-state index contributed by atoms with van der Waals surface area (Å²) < 4.78 is 33.0. The Morgan fingerprint density at radius 3 is 2.30 bits per heavy atom. The van der Waals surface area contributed by atoms with Crippen LogP contribution in [0.3, 0.4) is 0 Å². The van der Waals surface area contributed by atoms with E-state index in [0.717, 1.165) is 13.2 Å². The summed E-state index contributed by atoms with van der Waals surface area (Å²) in [5, 5.41) is 58.6. The van der Waals surface area contributed by atoms with Gasteiger partial charge in [-0.1, -0.05) is 6.07 Å². The van der Waals surface area contributed by atoms with Gasteiger partial charge in [0.05, 0.1) is 48.7 Å². The van der Waals surface area contributed by atoms with Crippen LogP contribution >= 0.6 is 0 Å². The minimum atomic E-state index is -3.26. The molecule has 2 aliphatic heterocycles. The predicted molar refractivity (Wildman–Crippen MR) is 193 cm³/mol. The number of hydrogen-bond acceptors (Lipinski definition) is 18. The first kappa shape index (κ1) is 40.7. The molecule has 3 aliphatic carbocycles. The van der Waals surface area contributed by atoms with Crippen LogP contribution in [0.4, 0.5) is 0 Å². The highest BCUT2D eigenvalue weighted by atomic mass is 16.6. The number of carbonyl (C=O) groups is 5. The van der Waals surface area contributed by atoms with Gasteiger partial charge in [-0.15, -0.1) is 0 Å². The molecule has 0 amide bonds.